The molecule has 0 amide bonds. The molecular formula is C56H36N2O4. The molecule has 0 saturated heterocycles. The van der Waals surface area contributed by atoms with Crippen molar-refractivity contribution in [2.24, 2.45) is 0 Å². The Morgan fingerprint density at radius 1 is 0.258 bits per heavy atom. The van der Waals surface area contributed by atoms with Gasteiger partial charge in [0.2, 0.25) is 0 Å². The average molecular weight is 801 g/mol. The fraction of sp³-hybridized carbons (Fsp3) is 0. The summed E-state index contributed by atoms with van der Waals surface area (Å²) in [6.07, 6.45) is 3.36. The number of ketones is 4. The van der Waals surface area contributed by atoms with Gasteiger partial charge in [-0.25, -0.2) is 0 Å². The zero-order valence-corrected chi connectivity index (χ0v) is 33.3. The number of hydrogen-bond acceptors (Lipinski definition) is 6. The molecule has 0 unspecified atom stereocenters. The van der Waals surface area contributed by atoms with E-state index in [0.29, 0.717) is 22.3 Å². The first-order chi connectivity index (χ1) is 30.4. The van der Waals surface area contributed by atoms with Gasteiger partial charge in [-0.1, -0.05) is 133 Å². The SMILES string of the molecule is O=C1C(=Cc2ccc(N(c3ccccc3)c3ccc(-c4ccc(N(c5ccccc5)c5ccc(C=C6C(=O)c7ccccc7C6=O)cc5)cc4)cc3)cc2)C(=O)c2ccccc21. The van der Waals surface area contributed by atoms with Gasteiger partial charge in [0.05, 0.1) is 11.1 Å². The molecule has 62 heavy (non-hydrogen) atoms. The van der Waals surface area contributed by atoms with Crippen LogP contribution in [0.15, 0.2) is 217 Å². The number of carbonyl (C=O) groups is 4. The Labute approximate surface area is 359 Å². The summed E-state index contributed by atoms with van der Waals surface area (Å²) in [5.74, 6) is -0.964. The number of carbonyl (C=O) groups excluding carboxylic acids is 4. The Morgan fingerprint density at radius 3 is 0.790 bits per heavy atom. The van der Waals surface area contributed by atoms with Crippen molar-refractivity contribution in [2.75, 3.05) is 9.80 Å². The number of rotatable bonds is 9. The molecule has 0 N–H and O–H groups in total. The summed E-state index contributed by atoms with van der Waals surface area (Å²) < 4.78 is 0. The number of fused-ring (bicyclic) bond motifs is 2. The van der Waals surface area contributed by atoms with E-state index in [1.54, 1.807) is 60.7 Å². The average Bonchev–Trinajstić information content (AvgIpc) is 3.71. The molecule has 0 atom stereocenters. The molecule has 6 nitrogen and oxygen atoms in total. The lowest BCUT2D eigenvalue weighted by Gasteiger charge is -2.26. The minimum Gasteiger partial charge on any atom is -0.311 e. The third-order valence-corrected chi connectivity index (χ3v) is 11.3. The monoisotopic (exact) mass is 800 g/mol. The largest absolute Gasteiger partial charge is 0.311 e. The van der Waals surface area contributed by atoms with Crippen LogP contribution >= 0.6 is 0 Å². The lowest BCUT2D eigenvalue weighted by Crippen LogP contribution is -2.10. The van der Waals surface area contributed by atoms with Crippen LogP contribution in [0.4, 0.5) is 34.1 Å². The first-order valence-corrected chi connectivity index (χ1v) is 20.3. The summed E-state index contributed by atoms with van der Waals surface area (Å²) in [6.45, 7) is 0. The molecule has 0 bridgehead atoms. The zero-order valence-electron chi connectivity index (χ0n) is 33.3. The maximum Gasteiger partial charge on any atom is 0.197 e. The molecule has 0 heterocycles. The molecule has 8 aromatic rings. The van der Waals surface area contributed by atoms with Crippen LogP contribution in [-0.4, -0.2) is 23.1 Å². The molecule has 0 aromatic heterocycles. The van der Waals surface area contributed by atoms with Gasteiger partial charge in [0.1, 0.15) is 0 Å². The molecule has 294 valence electrons. The second-order valence-corrected chi connectivity index (χ2v) is 15.1. The number of anilines is 6. The minimum atomic E-state index is -0.241. The summed E-state index contributed by atoms with van der Waals surface area (Å²) >= 11 is 0. The summed E-state index contributed by atoms with van der Waals surface area (Å²) in [5.41, 5.74) is 11.6. The third-order valence-electron chi connectivity index (χ3n) is 11.3. The van der Waals surface area contributed by atoms with Gasteiger partial charge in [0.15, 0.2) is 23.1 Å². The van der Waals surface area contributed by atoms with Crippen LogP contribution in [-0.2, 0) is 0 Å². The van der Waals surface area contributed by atoms with Crippen molar-refractivity contribution in [1.29, 1.82) is 0 Å². The van der Waals surface area contributed by atoms with Crippen molar-refractivity contribution >= 4 is 69.4 Å². The number of para-hydroxylation sites is 2. The predicted molar refractivity (Wildman–Crippen MR) is 247 cm³/mol. The van der Waals surface area contributed by atoms with Gasteiger partial charge in [0.25, 0.3) is 0 Å². The Bertz CT molecular complexity index is 2810. The quantitative estimate of drug-likeness (QED) is 0.107. The summed E-state index contributed by atoms with van der Waals surface area (Å²) in [7, 11) is 0. The van der Waals surface area contributed by atoms with Crippen LogP contribution in [0.5, 0.6) is 0 Å². The Kier molecular flexibility index (Phi) is 9.71. The van der Waals surface area contributed by atoms with E-state index in [-0.39, 0.29) is 34.3 Å². The highest BCUT2D eigenvalue weighted by atomic mass is 16.2. The minimum absolute atomic E-state index is 0.184. The van der Waals surface area contributed by atoms with Gasteiger partial charge >= 0.3 is 0 Å². The van der Waals surface area contributed by atoms with Crippen molar-refractivity contribution in [1.82, 2.24) is 0 Å². The fourth-order valence-corrected chi connectivity index (χ4v) is 8.23. The van der Waals surface area contributed by atoms with Crippen molar-refractivity contribution in [2.45, 2.75) is 0 Å². The molecule has 8 aromatic carbocycles. The molecule has 0 fully saturated rings. The van der Waals surface area contributed by atoms with Gasteiger partial charge in [-0.3, -0.25) is 19.2 Å². The van der Waals surface area contributed by atoms with Crippen molar-refractivity contribution in [3.05, 3.63) is 251 Å². The van der Waals surface area contributed by atoms with Crippen LogP contribution in [0.1, 0.15) is 52.6 Å². The van der Waals surface area contributed by atoms with Crippen molar-refractivity contribution < 1.29 is 19.2 Å². The van der Waals surface area contributed by atoms with E-state index in [9.17, 15) is 19.2 Å². The van der Waals surface area contributed by atoms with Gasteiger partial charge in [0, 0.05) is 56.4 Å². The maximum absolute atomic E-state index is 13.0. The highest BCUT2D eigenvalue weighted by Crippen LogP contribution is 2.39. The third kappa shape index (κ3) is 6.95. The van der Waals surface area contributed by atoms with E-state index in [1.807, 2.05) is 84.9 Å². The van der Waals surface area contributed by atoms with E-state index in [4.69, 9.17) is 0 Å². The number of nitrogens with zero attached hydrogens (tertiary/aromatic N) is 2. The summed E-state index contributed by atoms with van der Waals surface area (Å²) in [6, 6.07) is 66.9. The van der Waals surface area contributed by atoms with E-state index in [0.717, 1.165) is 56.4 Å². The van der Waals surface area contributed by atoms with E-state index in [2.05, 4.69) is 82.6 Å². The Hall–Kier alpha value is -8.48. The van der Waals surface area contributed by atoms with Crippen molar-refractivity contribution in [3.63, 3.8) is 0 Å². The fourth-order valence-electron chi connectivity index (χ4n) is 8.23. The van der Waals surface area contributed by atoms with Crippen LogP contribution in [0.3, 0.4) is 0 Å². The van der Waals surface area contributed by atoms with E-state index < -0.39 is 0 Å². The first kappa shape index (κ1) is 37.8. The normalized spacial score (nSPS) is 12.9. The Morgan fingerprint density at radius 2 is 0.500 bits per heavy atom. The predicted octanol–water partition coefficient (Wildman–Crippen LogP) is 13.2. The van der Waals surface area contributed by atoms with Crippen LogP contribution in [0.25, 0.3) is 23.3 Å². The van der Waals surface area contributed by atoms with E-state index >= 15 is 0 Å². The highest BCUT2D eigenvalue weighted by Gasteiger charge is 2.33. The van der Waals surface area contributed by atoms with Gasteiger partial charge in [-0.05, 0) is 107 Å². The second-order valence-electron chi connectivity index (χ2n) is 15.1. The van der Waals surface area contributed by atoms with Gasteiger partial charge in [-0.2, -0.15) is 0 Å². The Balaban J connectivity index is 0.903. The maximum atomic E-state index is 13.0. The second kappa shape index (κ2) is 15.9. The van der Waals surface area contributed by atoms with Crippen LogP contribution < -0.4 is 9.80 Å². The highest BCUT2D eigenvalue weighted by molar-refractivity contribution is 6.42. The molecule has 0 spiro atoms. The molecule has 2 aliphatic carbocycles. The zero-order chi connectivity index (χ0) is 42.2. The number of benzene rings is 8. The van der Waals surface area contributed by atoms with Gasteiger partial charge < -0.3 is 9.80 Å². The molecule has 0 saturated carbocycles. The van der Waals surface area contributed by atoms with Gasteiger partial charge in [-0.15, -0.1) is 0 Å². The molecule has 10 rings (SSSR count). The van der Waals surface area contributed by atoms with Crippen molar-refractivity contribution in [3.8, 4) is 11.1 Å². The molecule has 2 aliphatic rings. The van der Waals surface area contributed by atoms with Crippen LogP contribution in [0, 0.1) is 0 Å². The molecular weight excluding hydrogens is 765 g/mol. The lowest BCUT2D eigenvalue weighted by molar-refractivity contribution is 0.0975. The summed E-state index contributed by atoms with van der Waals surface area (Å²) in [5, 5.41) is 0. The molecule has 0 aliphatic heterocycles. The van der Waals surface area contributed by atoms with Crippen LogP contribution in [0.2, 0.25) is 0 Å². The topological polar surface area (TPSA) is 74.8 Å². The number of hydrogen-bond donors (Lipinski definition) is 0. The summed E-state index contributed by atoms with van der Waals surface area (Å²) in [4.78, 5) is 56.5. The van der Waals surface area contributed by atoms with E-state index in [1.165, 1.54) is 0 Å². The number of allylic oxidation sites excluding steroid dienone is 2. The smallest absolute Gasteiger partial charge is 0.197 e. The first-order valence-electron chi connectivity index (χ1n) is 20.3. The molecule has 6 heteroatoms. The lowest BCUT2D eigenvalue weighted by atomic mass is 10.0. The number of Topliss-reactive ketones (excluding diaryl/α,β-unsaturated/α-hetero) is 4. The molecule has 0 radical (unpaired) electrons. The standard InChI is InChI=1S/C56H36N2O4/c59-53-47-15-7-8-16-48(47)54(60)51(53)35-37-19-27-43(28-20-37)57(41-11-3-1-4-12-41)45-31-23-39(24-32-45)40-25-33-46(34-26-40)58(42-13-5-2-6-14-42)44-29-21-38(22-30-44)36-52-55(61)49-17-9-10-18-50(49)56(52)62/h1-36H.